The third-order valence-electron chi connectivity index (χ3n) is 0. The van der Waals surface area contributed by atoms with E-state index in [0.717, 1.165) is 16.0 Å². The van der Waals surface area contributed by atoms with Crippen LogP contribution in [-0.4, -0.2) is 21.1 Å². The van der Waals surface area contributed by atoms with E-state index < -0.39 is 5.07 Å². The van der Waals surface area contributed by atoms with Crippen LogP contribution in [0.1, 0.15) is 0 Å². The predicted octanol–water partition coefficient (Wildman–Crippen LogP) is 0.675. The number of halogens is 3. The molecule has 0 aromatic carbocycles. The van der Waals surface area contributed by atoms with Crippen LogP contribution in [0.5, 0.6) is 0 Å². The van der Waals surface area contributed by atoms with Gasteiger partial charge in [0.1, 0.15) is 0 Å². The van der Waals surface area contributed by atoms with Gasteiger partial charge in [0.2, 0.25) is 0 Å². The SMILES string of the molecule is FC(F)(F)[Se-]. The molecule has 0 aliphatic heterocycles. The van der Waals surface area contributed by atoms with Crippen LogP contribution >= 0.6 is 0 Å². The van der Waals surface area contributed by atoms with Crippen molar-refractivity contribution in [1.29, 1.82) is 0 Å². The Bertz CT molecular complexity index is 22.4. The maximum atomic E-state index is 10.3. The fourth-order valence-corrected chi connectivity index (χ4v) is 0. The maximum absolute atomic E-state index is 10.3. The van der Waals surface area contributed by atoms with E-state index in [0.29, 0.717) is 0 Å². The molecule has 0 rings (SSSR count). The minimum atomic E-state index is -4.12. The monoisotopic (exact) mass is 149 g/mol. The second-order valence-corrected chi connectivity index (χ2v) is 1.42. The second kappa shape index (κ2) is 1.19. The molecule has 0 saturated carbocycles. The van der Waals surface area contributed by atoms with Crippen molar-refractivity contribution in [3.8, 4) is 0 Å². The van der Waals surface area contributed by atoms with Gasteiger partial charge in [-0.25, -0.2) is 0 Å². The number of rotatable bonds is 0. The Labute approximate surface area is 35.2 Å². The Balaban J connectivity index is 3.02. The minimum absolute atomic E-state index is 0.979. The van der Waals surface area contributed by atoms with Crippen LogP contribution in [0.2, 0.25) is 0 Å². The van der Waals surface area contributed by atoms with Gasteiger partial charge in [0.15, 0.2) is 0 Å². The van der Waals surface area contributed by atoms with Crippen LogP contribution in [0, 0.1) is 0 Å². The van der Waals surface area contributed by atoms with Crippen molar-refractivity contribution in [2.75, 3.05) is 0 Å². The van der Waals surface area contributed by atoms with Crippen LogP contribution in [0.3, 0.4) is 0 Å². The van der Waals surface area contributed by atoms with Gasteiger partial charge in [0, 0.05) is 0 Å². The molecule has 0 fully saturated rings. The summed E-state index contributed by atoms with van der Waals surface area (Å²) in [6.07, 6.45) is 0. The van der Waals surface area contributed by atoms with Crippen LogP contribution in [-0.2, 0) is 0 Å². The zero-order valence-corrected chi connectivity index (χ0v) is 3.76. The van der Waals surface area contributed by atoms with Gasteiger partial charge in [-0.15, -0.1) is 0 Å². The van der Waals surface area contributed by atoms with Crippen molar-refractivity contribution in [2.24, 2.45) is 0 Å². The summed E-state index contributed by atoms with van der Waals surface area (Å²) >= 11 is 0.979. The first-order valence-corrected chi connectivity index (χ1v) is 1.63. The quantitative estimate of drug-likeness (QED) is 0.443. The van der Waals surface area contributed by atoms with Crippen LogP contribution < -0.4 is 0 Å². The van der Waals surface area contributed by atoms with E-state index in [4.69, 9.17) is 0 Å². The molecule has 0 saturated heterocycles. The Hall–Kier alpha value is 0.309. The van der Waals surface area contributed by atoms with Gasteiger partial charge in [-0.1, -0.05) is 0 Å². The molecule has 0 atom stereocenters. The van der Waals surface area contributed by atoms with Crippen molar-refractivity contribution < 1.29 is 13.2 Å². The first kappa shape index (κ1) is 5.31. The molecule has 0 aromatic heterocycles. The Morgan fingerprint density at radius 3 is 1.20 bits per heavy atom. The molecule has 0 aliphatic rings. The second-order valence-electron chi connectivity index (χ2n) is 0.446. The Morgan fingerprint density at radius 1 is 1.20 bits per heavy atom. The van der Waals surface area contributed by atoms with Gasteiger partial charge in [0.05, 0.1) is 0 Å². The molecule has 0 aliphatic carbocycles. The molecule has 0 nitrogen and oxygen atoms in total. The van der Waals surface area contributed by atoms with Crippen molar-refractivity contribution in [3.05, 3.63) is 0 Å². The fourth-order valence-electron chi connectivity index (χ4n) is 0. The van der Waals surface area contributed by atoms with Gasteiger partial charge < -0.3 is 0 Å². The van der Waals surface area contributed by atoms with E-state index >= 15 is 0 Å². The van der Waals surface area contributed by atoms with Gasteiger partial charge in [-0.05, 0) is 0 Å². The molecule has 0 amide bonds. The van der Waals surface area contributed by atoms with Gasteiger partial charge in [0.25, 0.3) is 0 Å². The molecule has 0 unspecified atom stereocenters. The third-order valence-corrected chi connectivity index (χ3v) is 0. The summed E-state index contributed by atoms with van der Waals surface area (Å²) in [5.74, 6) is 0. The Morgan fingerprint density at radius 2 is 1.20 bits per heavy atom. The first-order chi connectivity index (χ1) is 2.00. The van der Waals surface area contributed by atoms with Crippen LogP contribution in [0.4, 0.5) is 13.2 Å². The summed E-state index contributed by atoms with van der Waals surface area (Å²) in [6, 6.07) is 0. The van der Waals surface area contributed by atoms with Crippen molar-refractivity contribution in [1.82, 2.24) is 0 Å². The molecule has 0 aromatic rings. The van der Waals surface area contributed by atoms with E-state index in [2.05, 4.69) is 0 Å². The molecule has 0 N–H and O–H groups in total. The average molecular weight is 148 g/mol. The summed E-state index contributed by atoms with van der Waals surface area (Å²) < 4.78 is 30.9. The molecular weight excluding hydrogens is 148 g/mol. The first-order valence-electron chi connectivity index (χ1n) is 0.771. The molecule has 0 radical (unpaired) electrons. The van der Waals surface area contributed by atoms with Crippen molar-refractivity contribution in [3.63, 3.8) is 0 Å². The molecule has 0 spiro atoms. The van der Waals surface area contributed by atoms with Gasteiger partial charge >= 0.3 is 34.3 Å². The van der Waals surface area contributed by atoms with E-state index in [1.165, 1.54) is 0 Å². The summed E-state index contributed by atoms with van der Waals surface area (Å²) in [5, 5.41) is -4.12. The van der Waals surface area contributed by atoms with E-state index in [-0.39, 0.29) is 0 Å². The van der Waals surface area contributed by atoms with Crippen molar-refractivity contribution >= 4 is 16.0 Å². The zero-order valence-electron chi connectivity index (χ0n) is 2.04. The summed E-state index contributed by atoms with van der Waals surface area (Å²) in [6.45, 7) is 0. The topological polar surface area (TPSA) is 0 Å². The average Bonchev–Trinajstić information content (AvgIpc) is 0.722. The molecule has 0 bridgehead atoms. The Kier molecular flexibility index (Phi) is 1.26. The number of hydrogen-bond acceptors (Lipinski definition) is 0. The summed E-state index contributed by atoms with van der Waals surface area (Å²) in [4.78, 5) is 0. The van der Waals surface area contributed by atoms with E-state index in [1.807, 2.05) is 0 Å². The molecule has 32 valence electrons. The van der Waals surface area contributed by atoms with E-state index in [1.54, 1.807) is 0 Å². The van der Waals surface area contributed by atoms with Gasteiger partial charge in [-0.3, -0.25) is 0 Å². The molecule has 5 heavy (non-hydrogen) atoms. The zero-order chi connectivity index (χ0) is 4.50. The van der Waals surface area contributed by atoms with Crippen LogP contribution in [0.15, 0.2) is 0 Å². The predicted molar refractivity (Wildman–Crippen MR) is 11.8 cm³/mol. The summed E-state index contributed by atoms with van der Waals surface area (Å²) in [7, 11) is 0. The number of hydrogen-bond donors (Lipinski definition) is 0. The van der Waals surface area contributed by atoms with Gasteiger partial charge in [-0.2, -0.15) is 0 Å². The molecule has 0 heterocycles. The van der Waals surface area contributed by atoms with E-state index in [9.17, 15) is 13.2 Å². The van der Waals surface area contributed by atoms with Crippen molar-refractivity contribution in [2.45, 2.75) is 5.07 Å². The normalized spacial score (nSPS) is 12.0. The number of alkyl halides is 3. The standard InChI is InChI=1S/CHF3Se/c2-1(3,4)5/h5H/p-1. The molecule has 4 heteroatoms. The third kappa shape index (κ3) is 240. The molecular formula is CF3Se-. The van der Waals surface area contributed by atoms with Crippen LogP contribution in [0.25, 0.3) is 0 Å². The fraction of sp³-hybridized carbons (Fsp3) is 1.00. The summed E-state index contributed by atoms with van der Waals surface area (Å²) in [5.41, 5.74) is 0.